The molecule has 0 saturated heterocycles. The zero-order chi connectivity index (χ0) is 40.1. The molecular weight excluding hydrogens is 715 g/mol. The van der Waals surface area contributed by atoms with Crippen LogP contribution < -0.4 is 5.32 Å². The third-order valence-corrected chi connectivity index (χ3v) is 14.1. The van der Waals surface area contributed by atoms with E-state index < -0.39 is 5.41 Å². The number of aliphatic imine (C=N–C) groups is 2. The number of hydrogen-bond donors (Lipinski definition) is 1. The van der Waals surface area contributed by atoms with E-state index in [1.807, 2.05) is 6.20 Å². The van der Waals surface area contributed by atoms with E-state index in [1.54, 1.807) is 0 Å². The van der Waals surface area contributed by atoms with E-state index in [-0.39, 0.29) is 22.8 Å². The molecule has 6 aromatic rings. The predicted octanol–water partition coefficient (Wildman–Crippen LogP) is 12.9. The van der Waals surface area contributed by atoms with Gasteiger partial charge < -0.3 is 5.32 Å². The fraction of sp³-hybridized carbons (Fsp3) is 0.250. The van der Waals surface area contributed by atoms with Gasteiger partial charge in [0, 0.05) is 12.1 Å². The molecule has 0 radical (unpaired) electrons. The molecule has 3 unspecified atom stereocenters. The standard InChI is InChI=1S/C56H51N3/c1-54(2,3)41-20-23-45-46-24-21-42-33-50(46)56(49(45)32-41)47-17-10-9-16-43(47)44-22-18-39(31-48(44)56)52-40(34-55(42,4)5)19-25-51(58-53(59-52)36-12-7-6-8-13-36)38-15-11-14-37(30-38)35-26-28-57-29-27-35/h6-18,20-24,26-28,30-33,40,52,57H,19,25,29,34H2,1-5H3. The van der Waals surface area contributed by atoms with Crippen molar-refractivity contribution < 1.29 is 0 Å². The maximum Gasteiger partial charge on any atom is 0.155 e. The van der Waals surface area contributed by atoms with Crippen molar-refractivity contribution in [1.29, 1.82) is 0 Å². The number of allylic oxidation sites excluding steroid dienone is 2. The zero-order valence-corrected chi connectivity index (χ0v) is 34.8. The highest BCUT2D eigenvalue weighted by Gasteiger charge is 2.53. The van der Waals surface area contributed by atoms with Gasteiger partial charge in [0.15, 0.2) is 5.84 Å². The molecule has 3 aliphatic carbocycles. The van der Waals surface area contributed by atoms with Crippen molar-refractivity contribution in [2.45, 2.75) is 76.2 Å². The molecule has 6 aromatic carbocycles. The Morgan fingerprint density at radius 1 is 0.644 bits per heavy atom. The first-order chi connectivity index (χ1) is 28.6. The molecule has 59 heavy (non-hydrogen) atoms. The Morgan fingerprint density at radius 3 is 2.14 bits per heavy atom. The summed E-state index contributed by atoms with van der Waals surface area (Å²) in [5.41, 5.74) is 20.3. The quantitative estimate of drug-likeness (QED) is 0.191. The first-order valence-electron chi connectivity index (χ1n) is 21.6. The van der Waals surface area contributed by atoms with Gasteiger partial charge in [-0.3, -0.25) is 4.99 Å². The molecule has 5 aliphatic rings. The topological polar surface area (TPSA) is 36.8 Å². The summed E-state index contributed by atoms with van der Waals surface area (Å²) in [6.07, 6.45) is 9.33. The van der Waals surface area contributed by atoms with Crippen LogP contribution in [0.4, 0.5) is 0 Å². The van der Waals surface area contributed by atoms with Crippen molar-refractivity contribution in [2.75, 3.05) is 6.54 Å². The number of benzene rings is 6. The average Bonchev–Trinajstić information content (AvgIpc) is 3.71. The Bertz CT molecular complexity index is 2820. The molecule has 2 heterocycles. The molecule has 4 bridgehead atoms. The minimum Gasteiger partial charge on any atom is -0.387 e. The lowest BCUT2D eigenvalue weighted by Gasteiger charge is -2.35. The number of amidine groups is 1. The van der Waals surface area contributed by atoms with Gasteiger partial charge in [-0.2, -0.15) is 0 Å². The van der Waals surface area contributed by atoms with E-state index in [4.69, 9.17) is 9.98 Å². The fourth-order valence-corrected chi connectivity index (χ4v) is 11.0. The number of nitrogens with zero attached hydrogens (tertiary/aromatic N) is 2. The lowest BCUT2D eigenvalue weighted by molar-refractivity contribution is 0.302. The van der Waals surface area contributed by atoms with Gasteiger partial charge in [0.05, 0.1) is 17.2 Å². The average molecular weight is 766 g/mol. The van der Waals surface area contributed by atoms with Crippen molar-refractivity contribution in [1.82, 2.24) is 5.32 Å². The molecule has 3 heteroatoms. The van der Waals surface area contributed by atoms with Crippen LogP contribution in [0.15, 0.2) is 162 Å². The fourth-order valence-electron chi connectivity index (χ4n) is 11.0. The van der Waals surface area contributed by atoms with Gasteiger partial charge in [-0.25, -0.2) is 4.99 Å². The first kappa shape index (κ1) is 36.1. The van der Waals surface area contributed by atoms with Crippen LogP contribution in [0.1, 0.15) is 116 Å². The molecule has 0 amide bonds. The van der Waals surface area contributed by atoms with Gasteiger partial charge in [0.2, 0.25) is 0 Å². The van der Waals surface area contributed by atoms with Crippen LogP contribution >= 0.6 is 0 Å². The summed E-state index contributed by atoms with van der Waals surface area (Å²) >= 11 is 0. The molecule has 0 saturated carbocycles. The zero-order valence-electron chi connectivity index (χ0n) is 34.8. The highest BCUT2D eigenvalue weighted by atomic mass is 15.0. The second-order valence-electron chi connectivity index (χ2n) is 19.1. The molecule has 1 spiro atoms. The molecule has 0 fully saturated rings. The van der Waals surface area contributed by atoms with E-state index in [9.17, 15) is 0 Å². The minimum atomic E-state index is -0.428. The monoisotopic (exact) mass is 765 g/mol. The molecule has 2 aliphatic heterocycles. The van der Waals surface area contributed by atoms with Crippen LogP contribution in [0.2, 0.25) is 0 Å². The third-order valence-electron chi connectivity index (χ3n) is 14.1. The van der Waals surface area contributed by atoms with Crippen molar-refractivity contribution in [3.05, 3.63) is 207 Å². The number of hydrogen-bond acceptors (Lipinski definition) is 3. The summed E-state index contributed by atoms with van der Waals surface area (Å²) in [5, 5.41) is 3.30. The van der Waals surface area contributed by atoms with Gasteiger partial charge in [0.25, 0.3) is 0 Å². The van der Waals surface area contributed by atoms with Gasteiger partial charge in [-0.1, -0.05) is 168 Å². The third kappa shape index (κ3) is 5.61. The summed E-state index contributed by atoms with van der Waals surface area (Å²) < 4.78 is 0. The summed E-state index contributed by atoms with van der Waals surface area (Å²) in [7, 11) is 0. The maximum atomic E-state index is 5.87. The summed E-state index contributed by atoms with van der Waals surface area (Å²) in [5.74, 6) is 1.09. The lowest BCUT2D eigenvalue weighted by atomic mass is 9.68. The van der Waals surface area contributed by atoms with E-state index >= 15 is 0 Å². The molecule has 0 aromatic heterocycles. The minimum absolute atomic E-state index is 0.0147. The molecule has 3 nitrogen and oxygen atoms in total. The first-order valence-corrected chi connectivity index (χ1v) is 21.6. The van der Waals surface area contributed by atoms with Crippen LogP contribution in [0, 0.1) is 5.92 Å². The van der Waals surface area contributed by atoms with E-state index in [0.29, 0.717) is 0 Å². The number of fused-ring (bicyclic) bond motifs is 8. The Labute approximate surface area is 349 Å². The van der Waals surface area contributed by atoms with Crippen LogP contribution in [-0.2, 0) is 16.2 Å². The Kier molecular flexibility index (Phi) is 8.08. The van der Waals surface area contributed by atoms with E-state index in [0.717, 1.165) is 42.9 Å². The van der Waals surface area contributed by atoms with Crippen LogP contribution in [0.25, 0.3) is 27.8 Å². The van der Waals surface area contributed by atoms with Gasteiger partial charge >= 0.3 is 0 Å². The second-order valence-corrected chi connectivity index (χ2v) is 19.1. The van der Waals surface area contributed by atoms with Gasteiger partial charge in [-0.15, -0.1) is 0 Å². The maximum absolute atomic E-state index is 5.87. The SMILES string of the molecule is CC(C)(C)c1ccc2c(c1)C13c4ccccc4-c4ccc(cc41)C1N=C(c4ccccc4)N=C(c4cccc(C5=CCNC=C5)c4)CCC1CC(C)(C)c1ccc-2c3c1. The van der Waals surface area contributed by atoms with Crippen molar-refractivity contribution in [2.24, 2.45) is 15.9 Å². The highest BCUT2D eigenvalue weighted by Crippen LogP contribution is 2.64. The van der Waals surface area contributed by atoms with Crippen molar-refractivity contribution >= 4 is 17.1 Å². The Balaban J connectivity index is 1.16. The summed E-state index contributed by atoms with van der Waals surface area (Å²) in [6.45, 7) is 12.8. The van der Waals surface area contributed by atoms with Crippen LogP contribution in [-0.4, -0.2) is 18.1 Å². The number of rotatable bonds is 3. The normalized spacial score (nSPS) is 21.9. The van der Waals surface area contributed by atoms with E-state index in [1.165, 1.54) is 77.9 Å². The molecule has 3 atom stereocenters. The van der Waals surface area contributed by atoms with E-state index in [2.05, 4.69) is 186 Å². The number of dihydropyridines is 1. The van der Waals surface area contributed by atoms with Gasteiger partial charge in [0.1, 0.15) is 0 Å². The summed E-state index contributed by atoms with van der Waals surface area (Å²) in [4.78, 5) is 11.4. The summed E-state index contributed by atoms with van der Waals surface area (Å²) in [6, 6.07) is 51.0. The smallest absolute Gasteiger partial charge is 0.155 e. The van der Waals surface area contributed by atoms with Crippen molar-refractivity contribution in [3.8, 4) is 22.3 Å². The Hall–Kier alpha value is -6.06. The predicted molar refractivity (Wildman–Crippen MR) is 246 cm³/mol. The lowest BCUT2D eigenvalue weighted by Crippen LogP contribution is -2.28. The van der Waals surface area contributed by atoms with Crippen molar-refractivity contribution in [3.63, 3.8) is 0 Å². The molecule has 11 rings (SSSR count). The molecule has 1 N–H and O–H groups in total. The highest BCUT2D eigenvalue weighted by molar-refractivity contribution is 6.13. The van der Waals surface area contributed by atoms with Gasteiger partial charge in [-0.05, 0) is 132 Å². The second kappa shape index (κ2) is 13.2. The Morgan fingerprint density at radius 2 is 1.34 bits per heavy atom. The molecule has 290 valence electrons. The largest absolute Gasteiger partial charge is 0.387 e. The van der Waals surface area contributed by atoms with Crippen LogP contribution in [0.3, 0.4) is 0 Å². The number of nitrogens with one attached hydrogen (secondary N) is 1. The molecular formula is C56H51N3. The van der Waals surface area contributed by atoms with Crippen LogP contribution in [0.5, 0.6) is 0 Å².